The van der Waals surface area contributed by atoms with Gasteiger partial charge >= 0.3 is 0 Å². The smallest absolute Gasteiger partial charge is 0.246 e. The topological polar surface area (TPSA) is 131 Å². The highest BCUT2D eigenvalue weighted by Gasteiger charge is 2.55. The van der Waals surface area contributed by atoms with Gasteiger partial charge in [0.25, 0.3) is 0 Å². The van der Waals surface area contributed by atoms with Crippen LogP contribution in [0.4, 0.5) is 17.1 Å². The van der Waals surface area contributed by atoms with Crippen molar-refractivity contribution in [2.45, 2.75) is 37.0 Å². The lowest BCUT2D eigenvalue weighted by Gasteiger charge is -2.31. The number of allylic oxidation sites excluding steroid dienone is 2. The molecule has 12 rings (SSSR count). The van der Waals surface area contributed by atoms with Gasteiger partial charge in [-0.15, -0.1) is 4.91 Å². The van der Waals surface area contributed by atoms with Gasteiger partial charge in [-0.1, -0.05) is 109 Å². The number of anilines is 2. The molecule has 2 heterocycles. The predicted molar refractivity (Wildman–Crippen MR) is 282 cm³/mol. The van der Waals surface area contributed by atoms with E-state index in [9.17, 15) is 20.2 Å². The van der Waals surface area contributed by atoms with Crippen molar-refractivity contribution in [3.05, 3.63) is 243 Å². The first-order valence-electron chi connectivity index (χ1n) is 24.0. The summed E-state index contributed by atoms with van der Waals surface area (Å²) in [7, 11) is 0. The van der Waals surface area contributed by atoms with Crippen LogP contribution < -0.4 is 9.80 Å². The van der Waals surface area contributed by atoms with Crippen molar-refractivity contribution in [2.24, 2.45) is 5.18 Å². The molecule has 0 radical (unpaired) electrons. The zero-order valence-corrected chi connectivity index (χ0v) is 38.8. The van der Waals surface area contributed by atoms with Crippen LogP contribution in [0.5, 0.6) is 11.5 Å². The number of amides is 2. The number of nitroso groups, excluding NO2 is 1. The molecule has 2 unspecified atom stereocenters. The molecule has 0 fully saturated rings. The summed E-state index contributed by atoms with van der Waals surface area (Å²) in [5.41, 5.74) is 7.14. The van der Waals surface area contributed by atoms with Gasteiger partial charge in [-0.3, -0.25) is 9.59 Å². The predicted octanol–water partition coefficient (Wildman–Crippen LogP) is 13.1. The van der Waals surface area contributed by atoms with Gasteiger partial charge in [-0.25, -0.2) is 0 Å². The van der Waals surface area contributed by atoms with Crippen LogP contribution in [-0.4, -0.2) is 40.2 Å². The fourth-order valence-electron chi connectivity index (χ4n) is 11.7. The molecular formula is C62H47N3O6. The number of aliphatic hydroxyl groups is 1. The van der Waals surface area contributed by atoms with Crippen molar-refractivity contribution < 1.29 is 24.9 Å². The minimum atomic E-state index is -1.24. The maximum absolute atomic E-state index is 15.8. The van der Waals surface area contributed by atoms with E-state index in [0.717, 1.165) is 93.8 Å². The number of benzene rings is 9. The number of para-hydroxylation sites is 2. The van der Waals surface area contributed by atoms with Crippen molar-refractivity contribution in [3.8, 4) is 11.5 Å². The van der Waals surface area contributed by atoms with Gasteiger partial charge in [0, 0.05) is 35.6 Å². The lowest BCUT2D eigenvalue weighted by molar-refractivity contribution is -0.121. The number of hydrogen-bond donors (Lipinski definition) is 3. The normalized spacial score (nSPS) is 18.2. The number of phenolic OH excluding ortho intramolecular Hbond substituents is 2. The number of aromatic hydroxyl groups is 2. The van der Waals surface area contributed by atoms with Crippen LogP contribution in [0.2, 0.25) is 0 Å². The summed E-state index contributed by atoms with van der Waals surface area (Å²) in [4.78, 5) is 46.9. The first kappa shape index (κ1) is 43.5. The zero-order valence-electron chi connectivity index (χ0n) is 38.8. The summed E-state index contributed by atoms with van der Waals surface area (Å²) in [6.45, 7) is 2.68. The monoisotopic (exact) mass is 929 g/mol. The van der Waals surface area contributed by atoms with Crippen LogP contribution in [0.25, 0.3) is 38.4 Å². The summed E-state index contributed by atoms with van der Waals surface area (Å²) < 4.78 is 0. The Labute approximate surface area is 409 Å². The number of phenols is 2. The van der Waals surface area contributed by atoms with Crippen molar-refractivity contribution in [1.82, 2.24) is 0 Å². The summed E-state index contributed by atoms with van der Waals surface area (Å²) in [5, 5.41) is 39.8. The third-order valence-electron chi connectivity index (χ3n) is 15.2. The number of unbranched alkanes of at least 4 members (excludes halogenated alkanes) is 1. The molecule has 2 atom stereocenters. The molecule has 71 heavy (non-hydrogen) atoms. The summed E-state index contributed by atoms with van der Waals surface area (Å²) in [6, 6.07) is 54.3. The first-order valence-corrected chi connectivity index (χ1v) is 24.0. The van der Waals surface area contributed by atoms with Crippen LogP contribution in [0, 0.1) is 11.8 Å². The SMILES string of the molecule is Cc1c(O)ccc2cc(C3(c4ccc5cc(N=O)ccc5c4)C(=O)N(CCCCN4C(=O)C(c5ccc6c(c5)C=CC(O)=CC6)(c5ccc6cc(O)ccc6c5)c5ccccc54)c4ccccc43)ccc12. The molecule has 9 heteroatoms. The molecule has 2 amide bonds. The Hall–Kier alpha value is -8.82. The Morgan fingerprint density at radius 2 is 1.06 bits per heavy atom. The summed E-state index contributed by atoms with van der Waals surface area (Å²) >= 11 is 0. The average Bonchev–Trinajstić information content (AvgIpc) is 3.70. The van der Waals surface area contributed by atoms with Crippen molar-refractivity contribution in [2.75, 3.05) is 22.9 Å². The van der Waals surface area contributed by atoms with Crippen LogP contribution in [0.15, 0.2) is 193 Å². The maximum Gasteiger partial charge on any atom is 0.246 e. The minimum Gasteiger partial charge on any atom is -0.508 e. The van der Waals surface area contributed by atoms with Gasteiger partial charge in [0.2, 0.25) is 11.8 Å². The number of aryl methyl sites for hydroxylation is 1. The standard InChI is InChI=1S/C62H47N3O6/c1-38-53-28-23-49(35-45(53)19-29-58(38)68)62(47-21-13-43-36-50(63-71)24-15-41(43)33-47)55-9-3-5-11-57(55)65(60(62)70)31-7-6-30-64-56-10-4-2-8-54(56)61(59(64)69,48-22-14-44-37-52(67)27-18-42(44)34-48)46-20-12-39-16-25-51(66)26-17-40(39)32-46/h2-5,8-15,17-29,32-37,66-68H,6-7,16,30-31H2,1H3. The average molecular weight is 930 g/mol. The molecule has 3 aliphatic rings. The number of fused-ring (bicyclic) bond motifs is 6. The third kappa shape index (κ3) is 6.67. The number of carbonyl (C=O) groups is 2. The molecule has 0 saturated carbocycles. The molecule has 346 valence electrons. The van der Waals surface area contributed by atoms with Gasteiger partial charge < -0.3 is 25.1 Å². The molecule has 0 aromatic heterocycles. The molecule has 1 aliphatic carbocycles. The van der Waals surface area contributed by atoms with E-state index in [1.54, 1.807) is 42.5 Å². The van der Waals surface area contributed by atoms with Crippen molar-refractivity contribution in [1.29, 1.82) is 0 Å². The van der Waals surface area contributed by atoms with Crippen LogP contribution in [0.3, 0.4) is 0 Å². The second-order valence-electron chi connectivity index (χ2n) is 19.0. The van der Waals surface area contributed by atoms with Gasteiger partial charge in [0.05, 0.1) is 0 Å². The highest BCUT2D eigenvalue weighted by molar-refractivity contribution is 6.15. The molecule has 0 saturated heterocycles. The second kappa shape index (κ2) is 16.7. The van der Waals surface area contributed by atoms with Crippen LogP contribution in [0.1, 0.15) is 62.9 Å². The molecule has 0 bridgehead atoms. The first-order chi connectivity index (χ1) is 34.6. The Balaban J connectivity index is 0.909. The number of rotatable bonds is 10. The fraction of sp³-hybridized carbons (Fsp3) is 0.129. The molecule has 2 aliphatic heterocycles. The number of nitrogens with zero attached hydrogens (tertiary/aromatic N) is 3. The van der Waals surface area contributed by atoms with E-state index >= 15 is 9.59 Å². The Bertz CT molecular complexity index is 3800. The van der Waals surface area contributed by atoms with E-state index < -0.39 is 10.8 Å². The van der Waals surface area contributed by atoms with E-state index in [4.69, 9.17) is 0 Å². The summed E-state index contributed by atoms with van der Waals surface area (Å²) in [5.74, 6) is 0.398. The fourth-order valence-corrected chi connectivity index (χ4v) is 11.7. The van der Waals surface area contributed by atoms with Gasteiger partial charge in [0.1, 0.15) is 33.8 Å². The molecule has 9 aromatic rings. The van der Waals surface area contributed by atoms with Gasteiger partial charge in [-0.2, -0.15) is 0 Å². The third-order valence-corrected chi connectivity index (χ3v) is 15.2. The zero-order chi connectivity index (χ0) is 48.6. The van der Waals surface area contributed by atoms with E-state index in [2.05, 4.69) is 29.4 Å². The van der Waals surface area contributed by atoms with Crippen molar-refractivity contribution >= 4 is 67.3 Å². The van der Waals surface area contributed by atoms with Crippen molar-refractivity contribution in [3.63, 3.8) is 0 Å². The molecule has 9 nitrogen and oxygen atoms in total. The van der Waals surface area contributed by atoms with E-state index in [1.807, 2.05) is 138 Å². The lowest BCUT2D eigenvalue weighted by Crippen LogP contribution is -2.43. The highest BCUT2D eigenvalue weighted by atomic mass is 16.3. The van der Waals surface area contributed by atoms with E-state index in [0.29, 0.717) is 38.0 Å². The Morgan fingerprint density at radius 3 is 1.70 bits per heavy atom. The van der Waals surface area contributed by atoms with Crippen LogP contribution in [-0.2, 0) is 26.8 Å². The molecular weight excluding hydrogens is 883 g/mol. The summed E-state index contributed by atoms with van der Waals surface area (Å²) in [6.07, 6.45) is 7.11. The maximum atomic E-state index is 15.8. The minimum absolute atomic E-state index is 0.0795. The second-order valence-corrected chi connectivity index (χ2v) is 19.0. The quantitative estimate of drug-likeness (QED) is 0.0925. The van der Waals surface area contributed by atoms with E-state index in [-0.39, 0.29) is 29.1 Å². The largest absolute Gasteiger partial charge is 0.508 e. The number of aliphatic hydroxyl groups excluding tert-OH is 1. The Kier molecular flexibility index (Phi) is 10.2. The highest BCUT2D eigenvalue weighted by Crippen LogP contribution is 2.53. The number of hydrogen-bond acceptors (Lipinski definition) is 7. The Morgan fingerprint density at radius 1 is 0.535 bits per heavy atom. The van der Waals surface area contributed by atoms with Gasteiger partial charge in [-0.05, 0) is 182 Å². The molecule has 0 spiro atoms. The van der Waals surface area contributed by atoms with Gasteiger partial charge in [0.15, 0.2) is 0 Å². The molecule has 9 aromatic carbocycles. The van der Waals surface area contributed by atoms with E-state index in [1.165, 1.54) is 0 Å². The molecule has 3 N–H and O–H groups in total. The number of carbonyl (C=O) groups excluding carboxylic acids is 2. The van der Waals surface area contributed by atoms with Crippen LogP contribution >= 0.6 is 0 Å². The lowest BCUT2D eigenvalue weighted by atomic mass is 9.69.